The molecule has 0 unspecified atom stereocenters. The van der Waals surface area contributed by atoms with E-state index in [2.05, 4.69) is 16.2 Å². The second-order valence-electron chi connectivity index (χ2n) is 6.15. The number of thiocarbonyl (C=S) groups is 1. The highest BCUT2D eigenvalue weighted by atomic mass is 35.5. The van der Waals surface area contributed by atoms with Gasteiger partial charge < -0.3 is 10.1 Å². The zero-order valence-corrected chi connectivity index (χ0v) is 17.2. The molecule has 0 saturated carbocycles. The van der Waals surface area contributed by atoms with Gasteiger partial charge in [0.05, 0.1) is 0 Å². The molecule has 0 aliphatic rings. The fraction of sp³-hybridized carbons (Fsp3) is 0.250. The van der Waals surface area contributed by atoms with Crippen molar-refractivity contribution >= 4 is 40.7 Å². The van der Waals surface area contributed by atoms with Crippen LogP contribution >= 0.6 is 23.8 Å². The summed E-state index contributed by atoms with van der Waals surface area (Å²) in [5.74, 6) is -0.0260. The molecule has 0 atom stereocenters. The highest BCUT2D eigenvalue weighted by Crippen LogP contribution is 2.22. The first-order chi connectivity index (χ1) is 13.4. The molecule has 28 heavy (non-hydrogen) atoms. The fourth-order valence-corrected chi connectivity index (χ4v) is 2.89. The standard InChI is InChI=1S/C20H22ClN3O3S/c1-13-6-5-7-14(2)19(13)27-12-18(26)23-24-20(28)22-17(25)11-10-15-8-3-4-9-16(15)21/h3-9H,10-12H2,1-2H3,(H,23,26)(H2,22,24,25,28). The van der Waals surface area contributed by atoms with Crippen LogP contribution in [0.5, 0.6) is 5.75 Å². The molecule has 0 saturated heterocycles. The summed E-state index contributed by atoms with van der Waals surface area (Å²) in [7, 11) is 0. The van der Waals surface area contributed by atoms with Crippen LogP contribution < -0.4 is 20.9 Å². The maximum atomic E-state index is 11.9. The Morgan fingerprint density at radius 2 is 1.68 bits per heavy atom. The van der Waals surface area contributed by atoms with Crippen molar-refractivity contribution in [3.63, 3.8) is 0 Å². The molecule has 2 aromatic rings. The van der Waals surface area contributed by atoms with Gasteiger partial charge in [-0.1, -0.05) is 48.0 Å². The van der Waals surface area contributed by atoms with Crippen molar-refractivity contribution < 1.29 is 14.3 Å². The molecule has 2 aromatic carbocycles. The Balaban J connectivity index is 1.69. The molecule has 0 heterocycles. The first-order valence-corrected chi connectivity index (χ1v) is 9.46. The van der Waals surface area contributed by atoms with Crippen LogP contribution in [-0.4, -0.2) is 23.5 Å². The topological polar surface area (TPSA) is 79.5 Å². The van der Waals surface area contributed by atoms with Crippen molar-refractivity contribution in [1.29, 1.82) is 0 Å². The lowest BCUT2D eigenvalue weighted by Crippen LogP contribution is -2.49. The van der Waals surface area contributed by atoms with E-state index in [1.54, 1.807) is 6.07 Å². The molecule has 148 valence electrons. The normalized spacial score (nSPS) is 10.1. The van der Waals surface area contributed by atoms with Crippen molar-refractivity contribution in [2.24, 2.45) is 0 Å². The quantitative estimate of drug-likeness (QED) is 0.495. The number of amides is 2. The largest absolute Gasteiger partial charge is 0.483 e. The molecule has 0 aliphatic carbocycles. The number of nitrogens with one attached hydrogen (secondary N) is 3. The number of halogens is 1. The molecule has 0 radical (unpaired) electrons. The smallest absolute Gasteiger partial charge is 0.276 e. The van der Waals surface area contributed by atoms with Crippen molar-refractivity contribution in [3.05, 3.63) is 64.2 Å². The molecule has 3 N–H and O–H groups in total. The number of carbonyl (C=O) groups excluding carboxylic acids is 2. The Morgan fingerprint density at radius 1 is 1.00 bits per heavy atom. The van der Waals surface area contributed by atoms with E-state index < -0.39 is 5.91 Å². The molecule has 6 nitrogen and oxygen atoms in total. The summed E-state index contributed by atoms with van der Waals surface area (Å²) in [5, 5.41) is 3.12. The Morgan fingerprint density at radius 3 is 2.36 bits per heavy atom. The second-order valence-corrected chi connectivity index (χ2v) is 6.97. The number of benzene rings is 2. The summed E-state index contributed by atoms with van der Waals surface area (Å²) in [6.45, 7) is 3.64. The molecular formula is C20H22ClN3O3S. The van der Waals surface area contributed by atoms with Gasteiger partial charge in [-0.25, -0.2) is 0 Å². The minimum absolute atomic E-state index is 0.00424. The number of rotatable bonds is 6. The SMILES string of the molecule is Cc1cccc(C)c1OCC(=O)NNC(=S)NC(=O)CCc1ccccc1Cl. The van der Waals surface area contributed by atoms with Crippen molar-refractivity contribution in [3.8, 4) is 5.75 Å². The van der Waals surface area contributed by atoms with Gasteiger partial charge >= 0.3 is 0 Å². The number of carbonyl (C=O) groups is 2. The average Bonchev–Trinajstić information content (AvgIpc) is 2.65. The van der Waals surface area contributed by atoms with Crippen molar-refractivity contribution in [2.75, 3.05) is 6.61 Å². The molecule has 2 amide bonds. The third-order valence-corrected chi connectivity index (χ3v) is 4.48. The van der Waals surface area contributed by atoms with Gasteiger partial charge in [-0.05, 0) is 55.2 Å². The van der Waals surface area contributed by atoms with E-state index in [0.717, 1.165) is 16.7 Å². The van der Waals surface area contributed by atoms with Crippen LogP contribution in [0.15, 0.2) is 42.5 Å². The summed E-state index contributed by atoms with van der Waals surface area (Å²) in [6, 6.07) is 13.1. The van der Waals surface area contributed by atoms with Crippen LogP contribution in [-0.2, 0) is 16.0 Å². The minimum atomic E-state index is -0.421. The number of hydrogen-bond acceptors (Lipinski definition) is 4. The third-order valence-electron chi connectivity index (χ3n) is 3.90. The summed E-state index contributed by atoms with van der Waals surface area (Å²) in [5.41, 5.74) is 7.65. The number of aryl methyl sites for hydroxylation is 3. The van der Waals surface area contributed by atoms with E-state index in [9.17, 15) is 9.59 Å². The first kappa shape index (κ1) is 21.7. The zero-order valence-electron chi connectivity index (χ0n) is 15.7. The summed E-state index contributed by atoms with van der Waals surface area (Å²) in [6.07, 6.45) is 0.708. The fourth-order valence-electron chi connectivity index (χ4n) is 2.50. The predicted octanol–water partition coefficient (Wildman–Crippen LogP) is 2.99. The molecule has 2 rings (SSSR count). The molecule has 0 bridgehead atoms. The predicted molar refractivity (Wildman–Crippen MR) is 113 cm³/mol. The molecular weight excluding hydrogens is 398 g/mol. The number of hydrogen-bond donors (Lipinski definition) is 3. The Kier molecular flexibility index (Phi) is 8.22. The third kappa shape index (κ3) is 6.83. The van der Waals surface area contributed by atoms with Crippen LogP contribution in [0.4, 0.5) is 0 Å². The summed E-state index contributed by atoms with van der Waals surface area (Å²) in [4.78, 5) is 23.8. The van der Waals surface area contributed by atoms with Crippen LogP contribution in [0.2, 0.25) is 5.02 Å². The number of para-hydroxylation sites is 1. The maximum Gasteiger partial charge on any atom is 0.276 e. The highest BCUT2D eigenvalue weighted by molar-refractivity contribution is 7.80. The van der Waals surface area contributed by atoms with Crippen LogP contribution in [0.3, 0.4) is 0 Å². The lowest BCUT2D eigenvalue weighted by Gasteiger charge is -2.13. The number of ether oxygens (including phenoxy) is 1. The van der Waals surface area contributed by atoms with E-state index >= 15 is 0 Å². The van der Waals surface area contributed by atoms with E-state index in [-0.39, 0.29) is 24.0 Å². The first-order valence-electron chi connectivity index (χ1n) is 8.68. The van der Waals surface area contributed by atoms with E-state index in [4.69, 9.17) is 28.6 Å². The monoisotopic (exact) mass is 419 g/mol. The van der Waals surface area contributed by atoms with Gasteiger partial charge in [0.25, 0.3) is 5.91 Å². The Labute approximate surface area is 174 Å². The lowest BCUT2D eigenvalue weighted by atomic mass is 10.1. The summed E-state index contributed by atoms with van der Waals surface area (Å²) >= 11 is 11.1. The van der Waals surface area contributed by atoms with Gasteiger partial charge in [-0.15, -0.1) is 0 Å². The van der Waals surface area contributed by atoms with E-state index in [1.165, 1.54) is 0 Å². The Bertz CT molecular complexity index is 853. The van der Waals surface area contributed by atoms with E-state index in [0.29, 0.717) is 17.2 Å². The van der Waals surface area contributed by atoms with Crippen LogP contribution in [0.1, 0.15) is 23.1 Å². The molecule has 0 spiro atoms. The molecule has 8 heteroatoms. The second kappa shape index (κ2) is 10.6. The van der Waals surface area contributed by atoms with Gasteiger partial charge in [0, 0.05) is 11.4 Å². The van der Waals surface area contributed by atoms with Crippen LogP contribution in [0, 0.1) is 13.8 Å². The van der Waals surface area contributed by atoms with Gasteiger partial charge in [-0.2, -0.15) is 0 Å². The van der Waals surface area contributed by atoms with Gasteiger partial charge in [0.15, 0.2) is 11.7 Å². The van der Waals surface area contributed by atoms with Gasteiger partial charge in [-0.3, -0.25) is 20.4 Å². The highest BCUT2D eigenvalue weighted by Gasteiger charge is 2.09. The molecule has 0 aromatic heterocycles. The molecule has 0 aliphatic heterocycles. The van der Waals surface area contributed by atoms with Gasteiger partial charge in [0.1, 0.15) is 5.75 Å². The summed E-state index contributed by atoms with van der Waals surface area (Å²) < 4.78 is 5.55. The maximum absolute atomic E-state index is 11.9. The number of hydrazine groups is 1. The van der Waals surface area contributed by atoms with Crippen molar-refractivity contribution in [1.82, 2.24) is 16.2 Å². The minimum Gasteiger partial charge on any atom is -0.483 e. The molecule has 0 fully saturated rings. The Hall–Kier alpha value is -2.64. The van der Waals surface area contributed by atoms with Crippen LogP contribution in [0.25, 0.3) is 0 Å². The van der Waals surface area contributed by atoms with Gasteiger partial charge in [0.2, 0.25) is 5.91 Å². The van der Waals surface area contributed by atoms with E-state index in [1.807, 2.05) is 50.2 Å². The van der Waals surface area contributed by atoms with Crippen molar-refractivity contribution in [2.45, 2.75) is 26.7 Å². The average molecular weight is 420 g/mol. The lowest BCUT2D eigenvalue weighted by molar-refractivity contribution is -0.124. The zero-order chi connectivity index (χ0) is 20.5.